The van der Waals surface area contributed by atoms with Gasteiger partial charge in [0, 0.05) is 60.9 Å². The smallest absolute Gasteiger partial charge is 0.257 e. The molecule has 2 aromatic carbocycles. The Morgan fingerprint density at radius 2 is 1.80 bits per heavy atom. The monoisotopic (exact) mass is 594 g/mol. The molecule has 0 spiro atoms. The Bertz CT molecular complexity index is 1630. The molecule has 214 valence electrons. The van der Waals surface area contributed by atoms with Gasteiger partial charge >= 0.3 is 0 Å². The fourth-order valence-electron chi connectivity index (χ4n) is 4.42. The van der Waals surface area contributed by atoms with Crippen LogP contribution < -0.4 is 19.7 Å². The van der Waals surface area contributed by atoms with Crippen molar-refractivity contribution in [2.75, 3.05) is 36.7 Å². The predicted molar refractivity (Wildman–Crippen MR) is 157 cm³/mol. The number of thiazole rings is 1. The highest BCUT2D eigenvalue weighted by atomic mass is 32.2. The molecule has 0 saturated carbocycles. The zero-order valence-corrected chi connectivity index (χ0v) is 24.5. The van der Waals surface area contributed by atoms with Crippen LogP contribution in [0.5, 0.6) is 17.2 Å². The lowest BCUT2D eigenvalue weighted by molar-refractivity contribution is 0.0916. The topological polar surface area (TPSA) is 120 Å². The number of rotatable bonds is 10. The van der Waals surface area contributed by atoms with E-state index in [0.29, 0.717) is 41.1 Å². The van der Waals surface area contributed by atoms with Crippen LogP contribution in [0.4, 0.5) is 10.8 Å². The molecule has 1 amide bonds. The van der Waals surface area contributed by atoms with E-state index >= 15 is 0 Å². The molecule has 1 atom stereocenters. The minimum absolute atomic E-state index is 0.186. The summed E-state index contributed by atoms with van der Waals surface area (Å²) in [7, 11) is -1.75. The van der Waals surface area contributed by atoms with Gasteiger partial charge in [0.15, 0.2) is 15.0 Å². The molecule has 1 aliphatic rings. The van der Waals surface area contributed by atoms with Gasteiger partial charge in [0.25, 0.3) is 5.91 Å². The maximum Gasteiger partial charge on any atom is 0.257 e. The summed E-state index contributed by atoms with van der Waals surface area (Å²) in [6, 6.07) is 14.9. The molecule has 1 aliphatic heterocycles. The second-order valence-corrected chi connectivity index (χ2v) is 12.7. The van der Waals surface area contributed by atoms with Gasteiger partial charge in [0.05, 0.1) is 23.7 Å². The third-order valence-corrected chi connectivity index (χ3v) is 8.47. The Morgan fingerprint density at radius 3 is 2.51 bits per heavy atom. The zero-order valence-electron chi connectivity index (χ0n) is 22.9. The van der Waals surface area contributed by atoms with Crippen LogP contribution in [0.1, 0.15) is 27.9 Å². The molecular weight excluding hydrogens is 564 g/mol. The molecule has 4 aromatic rings. The Morgan fingerprint density at radius 1 is 1.07 bits per heavy atom. The van der Waals surface area contributed by atoms with E-state index in [1.54, 1.807) is 49.8 Å². The van der Waals surface area contributed by atoms with Crippen LogP contribution in [0.2, 0.25) is 0 Å². The quantitative estimate of drug-likeness (QED) is 0.272. The number of nitrogens with one attached hydrogen (secondary N) is 1. The molecule has 0 radical (unpaired) electrons. The molecule has 1 N–H and O–H groups in total. The fraction of sp³-hybridized carbons (Fsp3) is 0.276. The summed E-state index contributed by atoms with van der Waals surface area (Å²) in [5, 5.41) is 3.45. The molecule has 5 rings (SSSR count). The number of hydrogen-bond donors (Lipinski definition) is 1. The van der Waals surface area contributed by atoms with Crippen molar-refractivity contribution in [3.05, 3.63) is 83.1 Å². The molecule has 0 fully saturated rings. The predicted octanol–water partition coefficient (Wildman–Crippen LogP) is 4.96. The van der Waals surface area contributed by atoms with Gasteiger partial charge in [-0.1, -0.05) is 11.3 Å². The third-order valence-electron chi connectivity index (χ3n) is 6.35. The largest absolute Gasteiger partial charge is 0.488 e. The lowest BCUT2D eigenvalue weighted by Gasteiger charge is -2.27. The highest BCUT2D eigenvalue weighted by molar-refractivity contribution is 7.90. The molecule has 0 aliphatic carbocycles. The van der Waals surface area contributed by atoms with Gasteiger partial charge in [-0.05, 0) is 55.5 Å². The van der Waals surface area contributed by atoms with Crippen molar-refractivity contribution in [3.63, 3.8) is 0 Å². The van der Waals surface area contributed by atoms with Gasteiger partial charge in [-0.25, -0.2) is 13.4 Å². The number of nitrogens with zero attached hydrogens (tertiary/aromatic N) is 3. The number of sulfone groups is 1. The average molecular weight is 595 g/mol. The van der Waals surface area contributed by atoms with Crippen molar-refractivity contribution in [1.82, 2.24) is 9.97 Å². The summed E-state index contributed by atoms with van der Waals surface area (Å²) in [5.74, 6) is 0.841. The first kappa shape index (κ1) is 28.5. The van der Waals surface area contributed by atoms with Gasteiger partial charge in [-0.3, -0.25) is 15.1 Å². The standard InChI is InChI=1S/C29H30N4O6S2/c1-19(18-37-2)38-23-14-20(15-24(16-23)39-22-4-6-25(7-5-22)41(3,35)36)28(34)32-29-31-26-10-13-33(17-27(26)40-29)21-8-11-30-12-9-21/h4-9,11-12,14-16,19H,10,13,17-18H2,1-3H3,(H,31,32,34). The van der Waals surface area contributed by atoms with E-state index < -0.39 is 9.84 Å². The van der Waals surface area contributed by atoms with Crippen molar-refractivity contribution < 1.29 is 27.4 Å². The number of methoxy groups -OCH3 is 1. The van der Waals surface area contributed by atoms with E-state index in [1.165, 1.54) is 23.5 Å². The van der Waals surface area contributed by atoms with Crippen molar-refractivity contribution >= 4 is 37.9 Å². The highest BCUT2D eigenvalue weighted by Crippen LogP contribution is 2.32. The Labute approximate surface area is 242 Å². The maximum absolute atomic E-state index is 13.4. The van der Waals surface area contributed by atoms with E-state index in [0.717, 1.165) is 35.5 Å². The van der Waals surface area contributed by atoms with Gasteiger partial charge in [-0.15, -0.1) is 0 Å². The van der Waals surface area contributed by atoms with Crippen molar-refractivity contribution in [2.45, 2.75) is 30.9 Å². The Kier molecular flexibility index (Phi) is 8.52. The first-order valence-electron chi connectivity index (χ1n) is 12.9. The number of ether oxygens (including phenoxy) is 3. The second-order valence-electron chi connectivity index (χ2n) is 9.64. The first-order valence-corrected chi connectivity index (χ1v) is 15.6. The number of carbonyl (C=O) groups is 1. The first-order chi connectivity index (χ1) is 19.7. The highest BCUT2D eigenvalue weighted by Gasteiger charge is 2.22. The van der Waals surface area contributed by atoms with Crippen LogP contribution in [0.3, 0.4) is 0 Å². The third kappa shape index (κ3) is 7.20. The van der Waals surface area contributed by atoms with Gasteiger partial charge in [-0.2, -0.15) is 0 Å². The summed E-state index contributed by atoms with van der Waals surface area (Å²) in [5.41, 5.74) is 2.41. The van der Waals surface area contributed by atoms with E-state index in [-0.39, 0.29) is 16.9 Å². The number of amides is 1. The number of aromatic nitrogens is 2. The van der Waals surface area contributed by atoms with E-state index in [2.05, 4.69) is 20.2 Å². The maximum atomic E-state index is 13.4. The number of pyridine rings is 1. The minimum Gasteiger partial charge on any atom is -0.488 e. The number of anilines is 2. The number of benzene rings is 2. The molecular formula is C29H30N4O6S2. The number of fused-ring (bicyclic) bond motifs is 1. The second kappa shape index (κ2) is 12.2. The molecule has 3 heterocycles. The minimum atomic E-state index is -3.34. The van der Waals surface area contributed by atoms with Crippen LogP contribution in [-0.4, -0.2) is 56.9 Å². The van der Waals surface area contributed by atoms with E-state index in [4.69, 9.17) is 14.2 Å². The molecule has 1 unspecified atom stereocenters. The SMILES string of the molecule is COCC(C)Oc1cc(Oc2ccc(S(C)(=O)=O)cc2)cc(C(=O)Nc2nc3c(s2)CN(c2ccncc2)CC3)c1. The van der Waals surface area contributed by atoms with Gasteiger partial charge < -0.3 is 19.1 Å². The lowest BCUT2D eigenvalue weighted by atomic mass is 10.1. The molecule has 2 aromatic heterocycles. The summed E-state index contributed by atoms with van der Waals surface area (Å²) < 4.78 is 40.7. The van der Waals surface area contributed by atoms with Crippen molar-refractivity contribution in [3.8, 4) is 17.2 Å². The molecule has 0 bridgehead atoms. The fourth-order valence-corrected chi connectivity index (χ4v) is 6.06. The van der Waals surface area contributed by atoms with Crippen molar-refractivity contribution in [1.29, 1.82) is 0 Å². The van der Waals surface area contributed by atoms with E-state index in [9.17, 15) is 13.2 Å². The lowest BCUT2D eigenvalue weighted by Crippen LogP contribution is -2.29. The Hall–Kier alpha value is -4.00. The van der Waals surface area contributed by atoms with Gasteiger partial charge in [0.1, 0.15) is 23.4 Å². The average Bonchev–Trinajstić information content (AvgIpc) is 3.35. The summed E-state index contributed by atoms with van der Waals surface area (Å²) in [4.78, 5) is 25.7. The summed E-state index contributed by atoms with van der Waals surface area (Å²) in [6.45, 7) is 3.76. The molecule has 0 saturated heterocycles. The van der Waals surface area contributed by atoms with E-state index in [1.807, 2.05) is 19.1 Å². The van der Waals surface area contributed by atoms with Crippen LogP contribution in [0.15, 0.2) is 71.9 Å². The summed E-state index contributed by atoms with van der Waals surface area (Å²) in [6.07, 6.45) is 5.21. The molecule has 10 nitrogen and oxygen atoms in total. The Balaban J connectivity index is 1.35. The van der Waals surface area contributed by atoms with Crippen molar-refractivity contribution in [2.24, 2.45) is 0 Å². The number of carbonyl (C=O) groups excluding carboxylic acids is 1. The normalized spacial score (nSPS) is 13.8. The molecule has 41 heavy (non-hydrogen) atoms. The van der Waals surface area contributed by atoms with Crippen LogP contribution in [0.25, 0.3) is 0 Å². The van der Waals surface area contributed by atoms with Crippen LogP contribution in [0, 0.1) is 0 Å². The van der Waals surface area contributed by atoms with Crippen LogP contribution in [-0.2, 0) is 27.5 Å². The number of hydrogen-bond acceptors (Lipinski definition) is 10. The molecule has 12 heteroatoms. The van der Waals surface area contributed by atoms with Gasteiger partial charge in [0.2, 0.25) is 0 Å². The summed E-state index contributed by atoms with van der Waals surface area (Å²) >= 11 is 1.46. The zero-order chi connectivity index (χ0) is 29.0. The van der Waals surface area contributed by atoms with Crippen LogP contribution >= 0.6 is 11.3 Å².